The van der Waals surface area contributed by atoms with Gasteiger partial charge in [0.1, 0.15) is 0 Å². The molecule has 0 aliphatic heterocycles. The number of nitrogens with zero attached hydrogens (tertiary/aromatic N) is 1. The van der Waals surface area contributed by atoms with Crippen LogP contribution < -0.4 is 0 Å². The van der Waals surface area contributed by atoms with Crippen LogP contribution in [-0.2, 0) is 0 Å². The summed E-state index contributed by atoms with van der Waals surface area (Å²) in [5.74, 6) is 0. The summed E-state index contributed by atoms with van der Waals surface area (Å²) in [5, 5.41) is 10.1. The molecule has 0 spiro atoms. The third-order valence-corrected chi connectivity index (χ3v) is 2.95. The number of aliphatic hydroxyl groups is 1. The van der Waals surface area contributed by atoms with Gasteiger partial charge in [0.05, 0.1) is 5.60 Å². The zero-order chi connectivity index (χ0) is 9.03. The summed E-state index contributed by atoms with van der Waals surface area (Å²) in [6, 6.07) is 0. The lowest BCUT2D eigenvalue weighted by molar-refractivity contribution is 0.0121. The van der Waals surface area contributed by atoms with Crippen LogP contribution in [0.25, 0.3) is 0 Å². The molecule has 0 aromatic carbocycles. The summed E-state index contributed by atoms with van der Waals surface area (Å²) in [4.78, 5) is 2.31. The predicted octanol–water partition coefficient (Wildman–Crippen LogP) is 1.63. The van der Waals surface area contributed by atoms with Crippen molar-refractivity contribution < 1.29 is 5.11 Å². The summed E-state index contributed by atoms with van der Waals surface area (Å²) in [6.07, 6.45) is 4.42. The van der Waals surface area contributed by atoms with E-state index in [2.05, 4.69) is 18.7 Å². The molecule has 0 unspecified atom stereocenters. The normalized spacial score (nSPS) is 22.0. The number of likely N-dealkylation sites (N-methyl/N-ethyl adjacent to an activating group) is 1. The molecular weight excluding hydrogens is 150 g/mol. The topological polar surface area (TPSA) is 23.5 Å². The summed E-state index contributed by atoms with van der Waals surface area (Å²) in [6.45, 7) is 7.29. The molecule has 2 nitrogen and oxygen atoms in total. The molecule has 1 fully saturated rings. The Labute approximate surface area is 75.6 Å². The molecule has 0 saturated heterocycles. The fraction of sp³-hybridized carbons (Fsp3) is 1.00. The average Bonchev–Trinajstić information content (AvgIpc) is 2.48. The fourth-order valence-corrected chi connectivity index (χ4v) is 2.05. The Morgan fingerprint density at radius 3 is 2.08 bits per heavy atom. The summed E-state index contributed by atoms with van der Waals surface area (Å²) in [5.41, 5.74) is -0.355. The van der Waals surface area contributed by atoms with E-state index in [-0.39, 0.29) is 5.60 Å². The molecule has 1 aliphatic carbocycles. The van der Waals surface area contributed by atoms with E-state index < -0.39 is 0 Å². The Morgan fingerprint density at radius 1 is 1.17 bits per heavy atom. The highest BCUT2D eigenvalue weighted by atomic mass is 16.3. The van der Waals surface area contributed by atoms with E-state index in [0.717, 1.165) is 32.5 Å². The minimum atomic E-state index is -0.355. The van der Waals surface area contributed by atoms with E-state index in [4.69, 9.17) is 0 Å². The maximum Gasteiger partial charge on any atom is 0.0774 e. The Hall–Kier alpha value is -0.0800. The third kappa shape index (κ3) is 2.46. The van der Waals surface area contributed by atoms with Crippen LogP contribution in [0, 0.1) is 0 Å². The Balaban J connectivity index is 2.36. The highest BCUT2D eigenvalue weighted by Gasteiger charge is 2.32. The molecule has 0 atom stereocenters. The first-order valence-corrected chi connectivity index (χ1v) is 5.15. The van der Waals surface area contributed by atoms with Gasteiger partial charge in [-0.2, -0.15) is 0 Å². The molecule has 0 radical (unpaired) electrons. The van der Waals surface area contributed by atoms with Gasteiger partial charge in [-0.25, -0.2) is 0 Å². The van der Waals surface area contributed by atoms with Crippen LogP contribution in [0.15, 0.2) is 0 Å². The lowest BCUT2D eigenvalue weighted by atomic mass is 10.0. The van der Waals surface area contributed by atoms with Crippen molar-refractivity contribution in [2.24, 2.45) is 0 Å². The molecule has 1 saturated carbocycles. The Morgan fingerprint density at radius 2 is 1.67 bits per heavy atom. The fourth-order valence-electron chi connectivity index (χ4n) is 2.05. The maximum atomic E-state index is 10.1. The summed E-state index contributed by atoms with van der Waals surface area (Å²) >= 11 is 0. The van der Waals surface area contributed by atoms with Gasteiger partial charge in [0, 0.05) is 6.54 Å². The van der Waals surface area contributed by atoms with Crippen molar-refractivity contribution in [1.29, 1.82) is 0 Å². The second-order valence-electron chi connectivity index (χ2n) is 3.89. The van der Waals surface area contributed by atoms with Gasteiger partial charge in [-0.15, -0.1) is 0 Å². The first-order valence-electron chi connectivity index (χ1n) is 5.15. The SMILES string of the molecule is CCN(CC)CC1(O)CCCC1. The summed E-state index contributed by atoms with van der Waals surface area (Å²) < 4.78 is 0. The van der Waals surface area contributed by atoms with E-state index >= 15 is 0 Å². The van der Waals surface area contributed by atoms with Gasteiger partial charge in [-0.05, 0) is 25.9 Å². The molecule has 2 heteroatoms. The molecule has 1 aliphatic rings. The van der Waals surface area contributed by atoms with Crippen molar-refractivity contribution in [2.75, 3.05) is 19.6 Å². The van der Waals surface area contributed by atoms with E-state index in [1.54, 1.807) is 0 Å². The van der Waals surface area contributed by atoms with Crippen LogP contribution in [0.3, 0.4) is 0 Å². The van der Waals surface area contributed by atoms with Crippen molar-refractivity contribution in [3.05, 3.63) is 0 Å². The molecule has 1 N–H and O–H groups in total. The quantitative estimate of drug-likeness (QED) is 0.695. The smallest absolute Gasteiger partial charge is 0.0774 e. The molecule has 72 valence electrons. The standard InChI is InChI=1S/C10H21NO/c1-3-11(4-2)9-10(12)7-5-6-8-10/h12H,3-9H2,1-2H3. The molecule has 0 bridgehead atoms. The Kier molecular flexibility index (Phi) is 3.53. The van der Waals surface area contributed by atoms with Crippen molar-refractivity contribution >= 4 is 0 Å². The average molecular weight is 171 g/mol. The van der Waals surface area contributed by atoms with Gasteiger partial charge >= 0.3 is 0 Å². The van der Waals surface area contributed by atoms with E-state index in [1.165, 1.54) is 12.8 Å². The van der Waals surface area contributed by atoms with Crippen molar-refractivity contribution in [3.63, 3.8) is 0 Å². The van der Waals surface area contributed by atoms with Crippen LogP contribution in [0.1, 0.15) is 39.5 Å². The largest absolute Gasteiger partial charge is 0.389 e. The predicted molar refractivity (Wildman–Crippen MR) is 51.2 cm³/mol. The number of rotatable bonds is 4. The minimum absolute atomic E-state index is 0.355. The Bertz CT molecular complexity index is 126. The van der Waals surface area contributed by atoms with E-state index in [9.17, 15) is 5.11 Å². The highest BCUT2D eigenvalue weighted by molar-refractivity contribution is 4.86. The molecule has 0 aromatic rings. The first kappa shape index (κ1) is 10.0. The first-order chi connectivity index (χ1) is 5.70. The van der Waals surface area contributed by atoms with Gasteiger partial charge in [-0.1, -0.05) is 26.7 Å². The van der Waals surface area contributed by atoms with Crippen LogP contribution >= 0.6 is 0 Å². The van der Waals surface area contributed by atoms with Crippen LogP contribution in [0.2, 0.25) is 0 Å². The van der Waals surface area contributed by atoms with E-state index in [1.807, 2.05) is 0 Å². The lowest BCUT2D eigenvalue weighted by Gasteiger charge is -2.29. The monoisotopic (exact) mass is 171 g/mol. The summed E-state index contributed by atoms with van der Waals surface area (Å²) in [7, 11) is 0. The maximum absolute atomic E-state index is 10.1. The van der Waals surface area contributed by atoms with Crippen molar-refractivity contribution in [3.8, 4) is 0 Å². The zero-order valence-electron chi connectivity index (χ0n) is 8.34. The van der Waals surface area contributed by atoms with Crippen LogP contribution in [0.5, 0.6) is 0 Å². The van der Waals surface area contributed by atoms with Crippen molar-refractivity contribution in [1.82, 2.24) is 4.90 Å². The molecule has 1 rings (SSSR count). The van der Waals surface area contributed by atoms with Crippen LogP contribution in [0.4, 0.5) is 0 Å². The number of hydrogen-bond acceptors (Lipinski definition) is 2. The van der Waals surface area contributed by atoms with E-state index in [0.29, 0.717) is 0 Å². The molecular formula is C10H21NO. The van der Waals surface area contributed by atoms with Crippen molar-refractivity contribution in [2.45, 2.75) is 45.1 Å². The molecule has 0 heterocycles. The van der Waals surface area contributed by atoms with Crippen LogP contribution in [-0.4, -0.2) is 35.2 Å². The second-order valence-corrected chi connectivity index (χ2v) is 3.89. The van der Waals surface area contributed by atoms with Gasteiger partial charge in [-0.3, -0.25) is 0 Å². The van der Waals surface area contributed by atoms with Gasteiger partial charge < -0.3 is 10.0 Å². The second kappa shape index (κ2) is 4.24. The zero-order valence-corrected chi connectivity index (χ0v) is 8.34. The lowest BCUT2D eigenvalue weighted by Crippen LogP contribution is -2.40. The highest BCUT2D eigenvalue weighted by Crippen LogP contribution is 2.29. The molecule has 12 heavy (non-hydrogen) atoms. The van der Waals surface area contributed by atoms with Gasteiger partial charge in [0.2, 0.25) is 0 Å². The van der Waals surface area contributed by atoms with Gasteiger partial charge in [0.15, 0.2) is 0 Å². The molecule has 0 amide bonds. The van der Waals surface area contributed by atoms with Gasteiger partial charge in [0.25, 0.3) is 0 Å². The number of hydrogen-bond donors (Lipinski definition) is 1. The minimum Gasteiger partial charge on any atom is -0.389 e. The third-order valence-electron chi connectivity index (χ3n) is 2.95. The molecule has 0 aromatic heterocycles.